The quantitative estimate of drug-likeness (QED) is 0.523. The van der Waals surface area contributed by atoms with E-state index in [9.17, 15) is 19.3 Å². The van der Waals surface area contributed by atoms with Crippen LogP contribution in [-0.2, 0) is 4.74 Å². The fraction of sp³-hybridized carbons (Fsp3) is 0.300. The van der Waals surface area contributed by atoms with Crippen molar-refractivity contribution in [2.75, 3.05) is 13.7 Å². The van der Waals surface area contributed by atoms with Crippen molar-refractivity contribution in [1.29, 1.82) is 0 Å². The third kappa shape index (κ3) is 5.87. The molecule has 1 rings (SSSR count). The van der Waals surface area contributed by atoms with Crippen LogP contribution < -0.4 is 4.74 Å². The number of nitrogens with zero attached hydrogens (tertiary/aromatic N) is 1. The second kappa shape index (κ2) is 8.09. The van der Waals surface area contributed by atoms with Crippen LogP contribution in [0.1, 0.15) is 6.92 Å². The second-order valence-corrected chi connectivity index (χ2v) is 3.21. The van der Waals surface area contributed by atoms with Crippen molar-refractivity contribution in [2.24, 2.45) is 0 Å². The zero-order valence-electron chi connectivity index (χ0n) is 10.1. The molecule has 0 aliphatic carbocycles. The predicted octanol–water partition coefficient (Wildman–Crippen LogP) is 2.83. The van der Waals surface area contributed by atoms with Crippen LogP contribution in [0.5, 0.6) is 11.5 Å². The highest BCUT2D eigenvalue weighted by Gasteiger charge is 2.18. The summed E-state index contributed by atoms with van der Waals surface area (Å²) in [5.41, 5.74) is -1.52. The largest absolute Gasteiger partial charge is 0.504 e. The number of hydrogen-bond donors (Lipinski definition) is 1. The fourth-order valence-electron chi connectivity index (χ4n) is 0.949. The van der Waals surface area contributed by atoms with Gasteiger partial charge in [0.1, 0.15) is 0 Å². The molecule has 1 aromatic carbocycles. The Morgan fingerprint density at radius 3 is 2.47 bits per heavy atom. The standard InChI is InChI=1S/C7H6FNO4.C3H5ClO2/c1-13-7-2-4(8)5(9(11)12)3-6(7)10;1-2-6-3(4)5/h2-3,10H,1H3;2H2,1H3. The number of ether oxygens (including phenoxy) is 2. The number of benzene rings is 1. The predicted molar refractivity (Wildman–Crippen MR) is 64.1 cm³/mol. The summed E-state index contributed by atoms with van der Waals surface area (Å²) in [5.74, 6) is -1.64. The Morgan fingerprint density at radius 2 is 2.16 bits per heavy atom. The van der Waals surface area contributed by atoms with Gasteiger partial charge >= 0.3 is 11.1 Å². The highest BCUT2D eigenvalue weighted by atomic mass is 35.5. The highest BCUT2D eigenvalue weighted by molar-refractivity contribution is 6.61. The lowest BCUT2D eigenvalue weighted by atomic mass is 10.2. The summed E-state index contributed by atoms with van der Waals surface area (Å²) in [6, 6.07) is 1.46. The van der Waals surface area contributed by atoms with E-state index in [0.717, 1.165) is 6.07 Å². The maximum absolute atomic E-state index is 12.8. The normalized spacial score (nSPS) is 9.05. The Hall–Kier alpha value is -2.09. The molecule has 0 heterocycles. The van der Waals surface area contributed by atoms with Crippen molar-refractivity contribution in [3.63, 3.8) is 0 Å². The molecule has 0 radical (unpaired) electrons. The van der Waals surface area contributed by atoms with Crippen molar-refractivity contribution in [3.05, 3.63) is 28.1 Å². The lowest BCUT2D eigenvalue weighted by Gasteiger charge is -2.02. The molecule has 1 aromatic rings. The number of phenols is 1. The topological polar surface area (TPSA) is 98.9 Å². The first-order chi connectivity index (χ1) is 8.83. The monoisotopic (exact) mass is 295 g/mol. The minimum atomic E-state index is -1.04. The summed E-state index contributed by atoms with van der Waals surface area (Å²) in [5, 5.41) is 19.3. The summed E-state index contributed by atoms with van der Waals surface area (Å²) in [4.78, 5) is 18.9. The Kier molecular flexibility index (Phi) is 7.20. The van der Waals surface area contributed by atoms with Gasteiger partial charge in [-0.05, 0) is 6.92 Å². The average Bonchev–Trinajstić information content (AvgIpc) is 2.31. The molecule has 9 heteroatoms. The van der Waals surface area contributed by atoms with Crippen molar-refractivity contribution in [3.8, 4) is 11.5 Å². The van der Waals surface area contributed by atoms with Gasteiger partial charge in [0.25, 0.3) is 0 Å². The number of aromatic hydroxyl groups is 1. The first-order valence-corrected chi connectivity index (χ1v) is 5.24. The number of hydrogen-bond acceptors (Lipinski definition) is 6. The van der Waals surface area contributed by atoms with E-state index in [1.807, 2.05) is 0 Å². The second-order valence-electron chi connectivity index (χ2n) is 2.90. The number of carbonyl (C=O) groups excluding carboxylic acids is 1. The van der Waals surface area contributed by atoms with E-state index < -0.39 is 27.6 Å². The summed E-state index contributed by atoms with van der Waals surface area (Å²) >= 11 is 4.72. The van der Waals surface area contributed by atoms with Gasteiger partial charge in [-0.25, -0.2) is 4.79 Å². The number of methoxy groups -OCH3 is 1. The molecule has 19 heavy (non-hydrogen) atoms. The van der Waals surface area contributed by atoms with Gasteiger partial charge in [0.05, 0.1) is 24.7 Å². The molecule has 0 bridgehead atoms. The number of nitro groups is 1. The number of rotatable bonds is 3. The van der Waals surface area contributed by atoms with Gasteiger partial charge in [-0.1, -0.05) is 0 Å². The summed E-state index contributed by atoms with van der Waals surface area (Å²) < 4.78 is 21.6. The van der Waals surface area contributed by atoms with Crippen LogP contribution in [0.25, 0.3) is 0 Å². The third-order valence-electron chi connectivity index (χ3n) is 1.70. The molecule has 0 atom stereocenters. The van der Waals surface area contributed by atoms with Gasteiger partial charge in [0.15, 0.2) is 11.5 Å². The molecule has 7 nitrogen and oxygen atoms in total. The SMILES string of the molecule is CCOC(=O)Cl.COc1cc(F)c([N+](=O)[O-])cc1O. The molecule has 0 aromatic heterocycles. The Labute approximate surface area is 112 Å². The zero-order valence-corrected chi connectivity index (χ0v) is 10.8. The molecule has 0 unspecified atom stereocenters. The van der Waals surface area contributed by atoms with Gasteiger partial charge in [-0.2, -0.15) is 4.39 Å². The van der Waals surface area contributed by atoms with Gasteiger partial charge < -0.3 is 14.6 Å². The number of phenolic OH excluding ortho intramolecular Hbond substituents is 1. The molecule has 0 fully saturated rings. The van der Waals surface area contributed by atoms with Crippen LogP contribution >= 0.6 is 11.6 Å². The van der Waals surface area contributed by atoms with Crippen LogP contribution in [0.15, 0.2) is 12.1 Å². The van der Waals surface area contributed by atoms with E-state index in [2.05, 4.69) is 9.47 Å². The first-order valence-electron chi connectivity index (χ1n) is 4.86. The minimum absolute atomic E-state index is 0.136. The van der Waals surface area contributed by atoms with Crippen molar-refractivity contribution >= 4 is 22.7 Å². The van der Waals surface area contributed by atoms with E-state index in [4.69, 9.17) is 16.7 Å². The van der Waals surface area contributed by atoms with E-state index in [1.165, 1.54) is 7.11 Å². The van der Waals surface area contributed by atoms with Crippen molar-refractivity contribution in [1.82, 2.24) is 0 Å². The average molecular weight is 296 g/mol. The van der Waals surface area contributed by atoms with Gasteiger partial charge in [-0.3, -0.25) is 10.1 Å². The van der Waals surface area contributed by atoms with Gasteiger partial charge in [0, 0.05) is 17.7 Å². The number of halogens is 2. The molecular weight excluding hydrogens is 285 g/mol. The molecule has 0 spiro atoms. The van der Waals surface area contributed by atoms with E-state index in [1.54, 1.807) is 6.92 Å². The number of nitro benzene ring substituents is 1. The van der Waals surface area contributed by atoms with E-state index >= 15 is 0 Å². The summed E-state index contributed by atoms with van der Waals surface area (Å²) in [6.07, 6.45) is 0. The Bertz CT molecular complexity index is 468. The maximum Gasteiger partial charge on any atom is 0.403 e. The van der Waals surface area contributed by atoms with Gasteiger partial charge in [-0.15, -0.1) is 0 Å². The van der Waals surface area contributed by atoms with Crippen molar-refractivity contribution in [2.45, 2.75) is 6.92 Å². The van der Waals surface area contributed by atoms with Crippen LogP contribution in [0.4, 0.5) is 14.9 Å². The summed E-state index contributed by atoms with van der Waals surface area (Å²) in [7, 11) is 1.22. The lowest BCUT2D eigenvalue weighted by Crippen LogP contribution is -1.93. The lowest BCUT2D eigenvalue weighted by molar-refractivity contribution is -0.387. The molecule has 106 valence electrons. The van der Waals surface area contributed by atoms with Crippen LogP contribution in [-0.4, -0.2) is 29.2 Å². The van der Waals surface area contributed by atoms with E-state index in [0.29, 0.717) is 12.7 Å². The van der Waals surface area contributed by atoms with E-state index in [-0.39, 0.29) is 5.75 Å². The van der Waals surface area contributed by atoms with Crippen molar-refractivity contribution < 1.29 is 28.7 Å². The first kappa shape index (κ1) is 16.9. The molecular formula is C10H11ClFNO6. The summed E-state index contributed by atoms with van der Waals surface area (Å²) in [6.45, 7) is 2.04. The molecule has 0 aliphatic rings. The Balaban J connectivity index is 0.000000459. The molecule has 0 saturated carbocycles. The molecule has 0 amide bonds. The molecule has 1 N–H and O–H groups in total. The smallest absolute Gasteiger partial charge is 0.403 e. The molecule has 0 saturated heterocycles. The fourth-order valence-corrected chi connectivity index (χ4v) is 1.06. The minimum Gasteiger partial charge on any atom is -0.504 e. The van der Waals surface area contributed by atoms with Gasteiger partial charge in [0.2, 0.25) is 5.82 Å². The Morgan fingerprint density at radius 1 is 1.58 bits per heavy atom. The highest BCUT2D eigenvalue weighted by Crippen LogP contribution is 2.32. The zero-order chi connectivity index (χ0) is 15.0. The van der Waals surface area contributed by atoms with Crippen LogP contribution in [0.2, 0.25) is 0 Å². The molecule has 0 aliphatic heterocycles. The van der Waals surface area contributed by atoms with Crippen LogP contribution in [0.3, 0.4) is 0 Å². The third-order valence-corrected chi connectivity index (χ3v) is 1.81. The van der Waals surface area contributed by atoms with Crippen LogP contribution in [0, 0.1) is 15.9 Å². The maximum atomic E-state index is 12.8. The number of carbonyl (C=O) groups is 1.